The minimum atomic E-state index is -0.441. The van der Waals surface area contributed by atoms with Crippen LogP contribution in [-0.2, 0) is 4.79 Å². The van der Waals surface area contributed by atoms with Gasteiger partial charge in [0.2, 0.25) is 5.91 Å². The molecule has 0 radical (unpaired) electrons. The molecule has 10 heteroatoms. The molecule has 2 bridgehead atoms. The van der Waals surface area contributed by atoms with E-state index in [4.69, 9.17) is 17.3 Å². The number of primary amides is 1. The number of amides is 4. The molecule has 1 saturated carbocycles. The molecule has 5 rings (SSSR count). The van der Waals surface area contributed by atoms with Crippen molar-refractivity contribution in [3.63, 3.8) is 0 Å². The third-order valence-corrected chi connectivity index (χ3v) is 7.67. The van der Waals surface area contributed by atoms with Gasteiger partial charge in [-0.2, -0.15) is 0 Å². The summed E-state index contributed by atoms with van der Waals surface area (Å²) in [4.78, 5) is 41.7. The number of allylic oxidation sites excluding steroid dienone is 1. The van der Waals surface area contributed by atoms with E-state index in [0.717, 1.165) is 16.7 Å². The predicted octanol–water partition coefficient (Wildman–Crippen LogP) is 4.31. The highest BCUT2D eigenvalue weighted by molar-refractivity contribution is 7.22. The SMILES string of the molecule is Cc1cccc(Cl)c1NC(=O)c1ccc2nc(NC(=O)N[C@@H]3[C@H](C(N)=O)[C@H]4C=C[C@@H]3C4)sc2c1. The lowest BCUT2D eigenvalue weighted by molar-refractivity contribution is -0.123. The zero-order valence-corrected chi connectivity index (χ0v) is 19.7. The number of fused-ring (bicyclic) bond motifs is 3. The van der Waals surface area contributed by atoms with Crippen LogP contribution >= 0.6 is 22.9 Å². The van der Waals surface area contributed by atoms with Crippen molar-refractivity contribution >= 4 is 61.8 Å². The minimum Gasteiger partial charge on any atom is -0.369 e. The van der Waals surface area contributed by atoms with Crippen molar-refractivity contribution in [3.8, 4) is 0 Å². The Kier molecular flexibility index (Phi) is 5.75. The van der Waals surface area contributed by atoms with Crippen LogP contribution in [0.5, 0.6) is 0 Å². The first kappa shape index (κ1) is 22.4. The summed E-state index contributed by atoms with van der Waals surface area (Å²) in [6, 6.07) is 9.77. The third kappa shape index (κ3) is 4.12. The summed E-state index contributed by atoms with van der Waals surface area (Å²) < 4.78 is 0.747. The monoisotopic (exact) mass is 495 g/mol. The first-order chi connectivity index (χ1) is 16.3. The molecule has 5 N–H and O–H groups in total. The van der Waals surface area contributed by atoms with Gasteiger partial charge in [0, 0.05) is 11.6 Å². The lowest BCUT2D eigenvalue weighted by Crippen LogP contribution is -2.48. The molecule has 0 spiro atoms. The molecule has 174 valence electrons. The van der Waals surface area contributed by atoms with E-state index < -0.39 is 17.9 Å². The number of nitrogens with one attached hydrogen (secondary N) is 3. The van der Waals surface area contributed by atoms with Crippen molar-refractivity contribution in [1.29, 1.82) is 0 Å². The van der Waals surface area contributed by atoms with Crippen molar-refractivity contribution in [2.75, 3.05) is 10.6 Å². The van der Waals surface area contributed by atoms with Gasteiger partial charge in [0.15, 0.2) is 5.13 Å². The van der Waals surface area contributed by atoms with Crippen molar-refractivity contribution in [2.24, 2.45) is 23.5 Å². The number of benzene rings is 2. The van der Waals surface area contributed by atoms with E-state index in [1.54, 1.807) is 24.3 Å². The number of para-hydroxylation sites is 1. The molecule has 0 aliphatic heterocycles. The summed E-state index contributed by atoms with van der Waals surface area (Å²) >= 11 is 7.47. The molecule has 2 aliphatic carbocycles. The van der Waals surface area contributed by atoms with Gasteiger partial charge >= 0.3 is 6.03 Å². The van der Waals surface area contributed by atoms with Crippen molar-refractivity contribution in [3.05, 3.63) is 64.7 Å². The van der Waals surface area contributed by atoms with E-state index in [1.165, 1.54) is 11.3 Å². The highest BCUT2D eigenvalue weighted by Crippen LogP contribution is 2.43. The Morgan fingerprint density at radius 1 is 1.12 bits per heavy atom. The van der Waals surface area contributed by atoms with E-state index >= 15 is 0 Å². The number of nitrogens with zero attached hydrogens (tertiary/aromatic N) is 1. The summed E-state index contributed by atoms with van der Waals surface area (Å²) in [5.41, 5.74) is 8.10. The fourth-order valence-electron chi connectivity index (χ4n) is 4.79. The van der Waals surface area contributed by atoms with Gasteiger partial charge in [-0.25, -0.2) is 9.78 Å². The smallest absolute Gasteiger partial charge is 0.321 e. The van der Waals surface area contributed by atoms with Crippen LogP contribution in [0.25, 0.3) is 10.2 Å². The van der Waals surface area contributed by atoms with E-state index in [9.17, 15) is 14.4 Å². The number of rotatable bonds is 5. The average molecular weight is 496 g/mol. The van der Waals surface area contributed by atoms with Gasteiger partial charge in [-0.3, -0.25) is 14.9 Å². The highest BCUT2D eigenvalue weighted by Gasteiger charge is 2.48. The van der Waals surface area contributed by atoms with Crippen LogP contribution in [0, 0.1) is 24.7 Å². The lowest BCUT2D eigenvalue weighted by atomic mass is 9.88. The van der Waals surface area contributed by atoms with E-state index in [-0.39, 0.29) is 23.8 Å². The number of hydrogen-bond acceptors (Lipinski definition) is 5. The molecule has 2 aromatic carbocycles. The Balaban J connectivity index is 1.28. The summed E-state index contributed by atoms with van der Waals surface area (Å²) in [5.74, 6) is -0.916. The maximum atomic E-state index is 12.8. The summed E-state index contributed by atoms with van der Waals surface area (Å²) in [5, 5.41) is 9.35. The Labute approximate surface area is 204 Å². The van der Waals surface area contributed by atoms with Gasteiger partial charge < -0.3 is 16.4 Å². The quantitative estimate of drug-likeness (QED) is 0.393. The molecule has 1 fully saturated rings. The molecule has 1 aromatic heterocycles. The summed E-state index contributed by atoms with van der Waals surface area (Å²) in [6.07, 6.45) is 4.85. The molecule has 0 saturated heterocycles. The van der Waals surface area contributed by atoms with Gasteiger partial charge in [-0.15, -0.1) is 0 Å². The standard InChI is InChI=1S/C24H22ClN5O3S/c1-11-3-2-4-15(25)19(11)28-22(32)14-7-8-16-17(10-14)34-24(27-16)30-23(33)29-20-13-6-5-12(9-13)18(20)21(26)31/h2-8,10,12-13,18,20H,9H2,1H3,(H2,26,31)(H,28,32)(H2,27,29,30,33)/t12-,13+,18+,20-/m0/s1. The molecule has 0 unspecified atom stereocenters. The van der Waals surface area contributed by atoms with Crippen LogP contribution in [0.4, 0.5) is 15.6 Å². The number of nitrogens with two attached hydrogens (primary N) is 1. The third-order valence-electron chi connectivity index (χ3n) is 6.42. The first-order valence-electron chi connectivity index (χ1n) is 10.8. The molecule has 1 heterocycles. The molecule has 2 aliphatic rings. The molecule has 8 nitrogen and oxygen atoms in total. The predicted molar refractivity (Wildman–Crippen MR) is 133 cm³/mol. The Morgan fingerprint density at radius 2 is 1.91 bits per heavy atom. The second-order valence-corrected chi connectivity index (χ2v) is 10.0. The van der Waals surface area contributed by atoms with Crippen LogP contribution in [0.15, 0.2) is 48.6 Å². The topological polar surface area (TPSA) is 126 Å². The van der Waals surface area contributed by atoms with Gasteiger partial charge in [0.25, 0.3) is 5.91 Å². The second-order valence-electron chi connectivity index (χ2n) is 8.59. The number of anilines is 2. The molecular formula is C24H22ClN5O3S. The fourth-order valence-corrected chi connectivity index (χ4v) is 5.96. The molecule has 34 heavy (non-hydrogen) atoms. The normalized spacial score (nSPS) is 22.6. The van der Waals surface area contributed by atoms with E-state index in [1.807, 2.05) is 31.2 Å². The van der Waals surface area contributed by atoms with Crippen molar-refractivity contribution in [2.45, 2.75) is 19.4 Å². The zero-order valence-electron chi connectivity index (χ0n) is 18.2. The number of thiazole rings is 1. The van der Waals surface area contributed by atoms with Gasteiger partial charge in [0.05, 0.1) is 26.8 Å². The average Bonchev–Trinajstić information content (AvgIpc) is 3.49. The summed E-state index contributed by atoms with van der Waals surface area (Å²) in [6.45, 7) is 1.87. The number of carbonyl (C=O) groups is 3. The molecule has 4 amide bonds. The Morgan fingerprint density at radius 3 is 2.68 bits per heavy atom. The number of hydrogen-bond donors (Lipinski definition) is 4. The van der Waals surface area contributed by atoms with Crippen molar-refractivity contribution < 1.29 is 14.4 Å². The van der Waals surface area contributed by atoms with Gasteiger partial charge in [-0.05, 0) is 55.0 Å². The van der Waals surface area contributed by atoms with Crippen LogP contribution < -0.4 is 21.7 Å². The first-order valence-corrected chi connectivity index (χ1v) is 12.0. The fraction of sp³-hybridized carbons (Fsp3) is 0.250. The second kappa shape index (κ2) is 8.73. The number of aromatic nitrogens is 1. The Bertz CT molecular complexity index is 1330. The van der Waals surface area contributed by atoms with E-state index in [2.05, 4.69) is 20.9 Å². The van der Waals surface area contributed by atoms with Crippen molar-refractivity contribution in [1.82, 2.24) is 10.3 Å². The molecule has 3 aromatic rings. The van der Waals surface area contributed by atoms with Crippen LogP contribution in [-0.4, -0.2) is 28.9 Å². The summed E-state index contributed by atoms with van der Waals surface area (Å²) in [7, 11) is 0. The van der Waals surface area contributed by atoms with Crippen LogP contribution in [0.2, 0.25) is 5.02 Å². The van der Waals surface area contributed by atoms with Gasteiger partial charge in [-0.1, -0.05) is 47.2 Å². The highest BCUT2D eigenvalue weighted by atomic mass is 35.5. The minimum absolute atomic E-state index is 0.0781. The number of halogens is 1. The number of urea groups is 1. The van der Waals surface area contributed by atoms with Crippen LogP contribution in [0.3, 0.4) is 0 Å². The van der Waals surface area contributed by atoms with Gasteiger partial charge in [0.1, 0.15) is 0 Å². The number of carbonyl (C=O) groups excluding carboxylic acids is 3. The lowest BCUT2D eigenvalue weighted by Gasteiger charge is -2.26. The molecular weight excluding hydrogens is 474 g/mol. The zero-order chi connectivity index (χ0) is 24.0. The maximum absolute atomic E-state index is 12.8. The maximum Gasteiger partial charge on any atom is 0.321 e. The van der Waals surface area contributed by atoms with E-state index in [0.29, 0.717) is 26.9 Å². The number of aryl methyl sites for hydroxylation is 1. The largest absolute Gasteiger partial charge is 0.369 e. The Hall–Kier alpha value is -3.43. The van der Waals surface area contributed by atoms with Crippen LogP contribution in [0.1, 0.15) is 22.3 Å². The molecule has 4 atom stereocenters.